The van der Waals surface area contributed by atoms with Gasteiger partial charge in [0.15, 0.2) is 0 Å². The predicted molar refractivity (Wildman–Crippen MR) is 121 cm³/mol. The zero-order valence-electron chi connectivity index (χ0n) is 17.7. The van der Waals surface area contributed by atoms with Crippen molar-refractivity contribution in [3.8, 4) is 5.75 Å². The first-order valence-electron chi connectivity index (χ1n) is 10.1. The fourth-order valence-electron chi connectivity index (χ4n) is 3.97. The summed E-state index contributed by atoms with van der Waals surface area (Å²) in [6, 6.07) is 12.1. The van der Waals surface area contributed by atoms with Crippen LogP contribution in [-0.2, 0) is 16.0 Å². The molecule has 1 fully saturated rings. The summed E-state index contributed by atoms with van der Waals surface area (Å²) in [5.74, 6) is 0.0322. The summed E-state index contributed by atoms with van der Waals surface area (Å²) in [5, 5.41) is 6.18. The van der Waals surface area contributed by atoms with Crippen molar-refractivity contribution in [1.82, 2.24) is 15.5 Å². The molecular weight excluding hydrogens is 432 g/mol. The van der Waals surface area contributed by atoms with Crippen molar-refractivity contribution in [2.75, 3.05) is 25.6 Å². The molecule has 32 heavy (non-hydrogen) atoms. The lowest BCUT2D eigenvalue weighted by atomic mass is 9.99. The number of ether oxygens (including phenoxy) is 1. The number of amides is 4. The Morgan fingerprint density at radius 1 is 1.19 bits per heavy atom. The van der Waals surface area contributed by atoms with E-state index in [9.17, 15) is 14.4 Å². The molecule has 2 unspecified atom stereocenters. The van der Waals surface area contributed by atoms with Gasteiger partial charge in [0.2, 0.25) is 0 Å². The van der Waals surface area contributed by atoms with Crippen molar-refractivity contribution < 1.29 is 19.1 Å². The monoisotopic (exact) mass is 454 g/mol. The Morgan fingerprint density at radius 2 is 1.94 bits per heavy atom. The van der Waals surface area contributed by atoms with Crippen LogP contribution < -0.4 is 20.3 Å². The van der Waals surface area contributed by atoms with E-state index in [1.807, 2.05) is 24.3 Å². The van der Waals surface area contributed by atoms with E-state index in [2.05, 4.69) is 10.6 Å². The Labute approximate surface area is 190 Å². The molecule has 0 aliphatic carbocycles. The molecule has 0 radical (unpaired) electrons. The molecule has 0 bridgehead atoms. The van der Waals surface area contributed by atoms with Crippen molar-refractivity contribution in [3.63, 3.8) is 0 Å². The van der Waals surface area contributed by atoms with Crippen molar-refractivity contribution >= 4 is 35.1 Å². The number of hydrogen-bond donors (Lipinski definition) is 2. The van der Waals surface area contributed by atoms with Gasteiger partial charge in [0.1, 0.15) is 11.8 Å². The zero-order chi connectivity index (χ0) is 22.8. The number of fused-ring (bicyclic) bond motifs is 1. The van der Waals surface area contributed by atoms with Gasteiger partial charge in [-0.25, -0.2) is 9.69 Å². The highest BCUT2D eigenvalue weighted by Crippen LogP contribution is 2.29. The topological polar surface area (TPSA) is 91.0 Å². The zero-order valence-corrected chi connectivity index (χ0v) is 18.4. The number of likely N-dealkylation sites (N-methyl/N-ethyl adjacent to an activating group) is 1. The molecule has 2 aliphatic heterocycles. The number of benzene rings is 2. The second-order valence-electron chi connectivity index (χ2n) is 7.63. The molecule has 2 aromatic carbocycles. The normalized spacial score (nSPS) is 19.9. The van der Waals surface area contributed by atoms with E-state index in [4.69, 9.17) is 16.3 Å². The Balaban J connectivity index is 1.43. The van der Waals surface area contributed by atoms with Gasteiger partial charge in [-0.1, -0.05) is 23.7 Å². The number of urea groups is 1. The molecule has 0 spiro atoms. The van der Waals surface area contributed by atoms with Gasteiger partial charge in [0.25, 0.3) is 11.8 Å². The van der Waals surface area contributed by atoms with E-state index in [0.717, 1.165) is 16.2 Å². The van der Waals surface area contributed by atoms with Gasteiger partial charge in [0.05, 0.1) is 24.4 Å². The second kappa shape index (κ2) is 8.92. The molecular formula is C23H23ClN4O4. The lowest BCUT2D eigenvalue weighted by Crippen LogP contribution is -2.65. The molecule has 9 heteroatoms. The highest BCUT2D eigenvalue weighted by atomic mass is 35.5. The van der Waals surface area contributed by atoms with Crippen LogP contribution >= 0.6 is 11.6 Å². The van der Waals surface area contributed by atoms with Crippen LogP contribution in [-0.4, -0.2) is 55.5 Å². The summed E-state index contributed by atoms with van der Waals surface area (Å²) < 4.78 is 5.22. The number of rotatable bonds is 6. The average molecular weight is 455 g/mol. The Kier molecular flexibility index (Phi) is 6.05. The lowest BCUT2D eigenvalue weighted by molar-refractivity contribution is -0.122. The molecule has 2 aliphatic rings. The molecule has 1 saturated heterocycles. The molecule has 0 aromatic heterocycles. The van der Waals surface area contributed by atoms with E-state index in [0.29, 0.717) is 29.2 Å². The molecule has 4 rings (SSSR count). The quantitative estimate of drug-likeness (QED) is 0.699. The highest BCUT2D eigenvalue weighted by molar-refractivity contribution is 6.30. The minimum absolute atomic E-state index is 0.319. The first kappa shape index (κ1) is 21.7. The number of carbonyl (C=O) groups is 3. The van der Waals surface area contributed by atoms with E-state index in [1.54, 1.807) is 49.5 Å². The number of nitrogens with one attached hydrogen (secondary N) is 2. The van der Waals surface area contributed by atoms with Crippen LogP contribution in [0, 0.1) is 0 Å². The summed E-state index contributed by atoms with van der Waals surface area (Å²) in [6.07, 6.45) is 2.23. The summed E-state index contributed by atoms with van der Waals surface area (Å²) in [7, 11) is 3.32. The minimum atomic E-state index is -0.722. The predicted octanol–water partition coefficient (Wildman–Crippen LogP) is 2.33. The fourth-order valence-corrected chi connectivity index (χ4v) is 4.10. The van der Waals surface area contributed by atoms with Gasteiger partial charge >= 0.3 is 6.03 Å². The van der Waals surface area contributed by atoms with Gasteiger partial charge in [0, 0.05) is 24.8 Å². The lowest BCUT2D eigenvalue weighted by Gasteiger charge is -2.37. The van der Waals surface area contributed by atoms with Crippen molar-refractivity contribution in [2.45, 2.75) is 18.5 Å². The van der Waals surface area contributed by atoms with Gasteiger partial charge in [-0.2, -0.15) is 0 Å². The Bertz CT molecular complexity index is 1090. The van der Waals surface area contributed by atoms with Crippen LogP contribution in [0.25, 0.3) is 0 Å². The molecule has 2 atom stereocenters. The van der Waals surface area contributed by atoms with Crippen LogP contribution in [0.2, 0.25) is 5.02 Å². The summed E-state index contributed by atoms with van der Waals surface area (Å²) >= 11 is 5.91. The summed E-state index contributed by atoms with van der Waals surface area (Å²) in [4.78, 5) is 41.5. The number of carbonyl (C=O) groups excluding carboxylic acids is 3. The van der Waals surface area contributed by atoms with Gasteiger partial charge < -0.3 is 20.3 Å². The average Bonchev–Trinajstić information content (AvgIpc) is 3.11. The molecule has 0 saturated carbocycles. The van der Waals surface area contributed by atoms with Crippen LogP contribution in [0.3, 0.4) is 0 Å². The number of methoxy groups -OCH3 is 1. The molecule has 2 N–H and O–H groups in total. The molecule has 8 nitrogen and oxygen atoms in total. The van der Waals surface area contributed by atoms with E-state index in [1.165, 1.54) is 0 Å². The third kappa shape index (κ3) is 4.13. The van der Waals surface area contributed by atoms with Gasteiger partial charge in [-0.05, 0) is 48.4 Å². The molecule has 2 aromatic rings. The van der Waals surface area contributed by atoms with Gasteiger partial charge in [-0.3, -0.25) is 9.59 Å². The standard InChI is InChI=1S/C23H23ClN4O4/c1-27-13-18(21(29)25-11-10-14-4-3-5-17(12-14)32-2)19-20(27)22(30)28(23(31)26-19)16-8-6-15(24)7-9-16/h3-9,12-13,19-20H,10-11H2,1-2H3,(H,25,29)(H,26,31). The minimum Gasteiger partial charge on any atom is -0.497 e. The molecule has 166 valence electrons. The van der Waals surface area contributed by atoms with Crippen LogP contribution in [0.1, 0.15) is 5.56 Å². The third-order valence-electron chi connectivity index (χ3n) is 5.57. The van der Waals surface area contributed by atoms with Crippen LogP contribution in [0.15, 0.2) is 60.3 Å². The van der Waals surface area contributed by atoms with Gasteiger partial charge in [-0.15, -0.1) is 0 Å². The fraction of sp³-hybridized carbons (Fsp3) is 0.261. The first-order valence-corrected chi connectivity index (χ1v) is 10.5. The van der Waals surface area contributed by atoms with Crippen molar-refractivity contribution in [2.24, 2.45) is 0 Å². The van der Waals surface area contributed by atoms with E-state index in [-0.39, 0.29) is 5.91 Å². The number of imide groups is 1. The number of hydrogen-bond acceptors (Lipinski definition) is 5. The highest BCUT2D eigenvalue weighted by Gasteiger charge is 2.49. The summed E-state index contributed by atoms with van der Waals surface area (Å²) in [6.45, 7) is 0.406. The maximum absolute atomic E-state index is 13.2. The van der Waals surface area contributed by atoms with Crippen LogP contribution in [0.5, 0.6) is 5.75 Å². The Morgan fingerprint density at radius 3 is 2.66 bits per heavy atom. The maximum atomic E-state index is 13.2. The molecule has 4 amide bonds. The first-order chi connectivity index (χ1) is 15.4. The SMILES string of the molecule is COc1cccc(CCNC(=O)C2=CN(C)C3C(=O)N(c4ccc(Cl)cc4)C(=O)NC23)c1. The number of nitrogens with zero attached hydrogens (tertiary/aromatic N) is 2. The second-order valence-corrected chi connectivity index (χ2v) is 8.07. The number of anilines is 1. The van der Waals surface area contributed by atoms with Crippen LogP contribution in [0.4, 0.5) is 10.5 Å². The number of halogens is 1. The Hall–Kier alpha value is -3.52. The third-order valence-corrected chi connectivity index (χ3v) is 5.82. The maximum Gasteiger partial charge on any atom is 0.329 e. The molecule has 2 heterocycles. The summed E-state index contributed by atoms with van der Waals surface area (Å²) in [5.41, 5.74) is 1.79. The smallest absolute Gasteiger partial charge is 0.329 e. The van der Waals surface area contributed by atoms with Crippen molar-refractivity contribution in [3.05, 3.63) is 70.9 Å². The van der Waals surface area contributed by atoms with E-state index < -0.39 is 24.0 Å². The largest absolute Gasteiger partial charge is 0.497 e. The van der Waals surface area contributed by atoms with Crippen molar-refractivity contribution in [1.29, 1.82) is 0 Å². The van der Waals surface area contributed by atoms with E-state index >= 15 is 0 Å².